The van der Waals surface area contributed by atoms with Crippen LogP contribution in [0.15, 0.2) is 59.2 Å². The number of amides is 2. The first kappa shape index (κ1) is 27.8. The van der Waals surface area contributed by atoms with E-state index in [4.69, 9.17) is 0 Å². The van der Waals surface area contributed by atoms with Gasteiger partial charge in [0, 0.05) is 5.92 Å². The number of aryl methyl sites for hydroxylation is 2. The number of aromatic hydroxyl groups is 1. The summed E-state index contributed by atoms with van der Waals surface area (Å²) >= 11 is 0. The summed E-state index contributed by atoms with van der Waals surface area (Å²) in [7, 11) is 0. The lowest BCUT2D eigenvalue weighted by Gasteiger charge is -2.35. The Kier molecular flexibility index (Phi) is 8.54. The molecular weight excluding hydrogens is 478 g/mol. The fraction of sp³-hybridized carbons (Fsp3) is 0.438. The van der Waals surface area contributed by atoms with Gasteiger partial charge in [0.05, 0.1) is 30.2 Å². The van der Waals surface area contributed by atoms with Gasteiger partial charge in [0.25, 0.3) is 0 Å². The van der Waals surface area contributed by atoms with Crippen LogP contribution in [0, 0.1) is 31.6 Å². The van der Waals surface area contributed by atoms with Crippen molar-refractivity contribution in [3.05, 3.63) is 75.9 Å². The van der Waals surface area contributed by atoms with Crippen LogP contribution >= 0.6 is 0 Å². The Morgan fingerprint density at radius 1 is 1.05 bits per heavy atom. The standard InChI is InChI=1S/C32H39NO5/c1-5-9-22(17-23-14-20(3)30(36)21(4)15-23)12-13-27(35)28-19(2)16-25-29(26(28)18-34)32(38)33(31(25)37)24-10-7-6-8-11-24/h6-8,10-11,14-15,17,25-27,29,34-36H,5,9,12-13,16,18H2,1-4H3/b22-17+/t25-,26+,27-,29-/m1/s1. The summed E-state index contributed by atoms with van der Waals surface area (Å²) in [6.45, 7) is 7.50. The van der Waals surface area contributed by atoms with E-state index in [1.807, 2.05) is 39.0 Å². The molecule has 4 rings (SSSR count). The van der Waals surface area contributed by atoms with E-state index in [1.165, 1.54) is 10.5 Å². The molecule has 0 saturated carbocycles. The van der Waals surface area contributed by atoms with E-state index in [2.05, 4.69) is 13.0 Å². The number of aliphatic hydroxyl groups excluding tert-OH is 2. The van der Waals surface area contributed by atoms with Crippen LogP contribution in [0.5, 0.6) is 5.75 Å². The lowest BCUT2D eigenvalue weighted by molar-refractivity contribution is -0.123. The number of fused-ring (bicyclic) bond motifs is 1. The fourth-order valence-corrected chi connectivity index (χ4v) is 6.33. The normalized spacial score (nSPS) is 22.7. The molecule has 1 saturated heterocycles. The number of nitrogens with zero attached hydrogens (tertiary/aromatic N) is 1. The second kappa shape index (κ2) is 11.7. The molecular formula is C32H39NO5. The number of benzene rings is 2. The highest BCUT2D eigenvalue weighted by Gasteiger charge is 2.54. The zero-order valence-corrected chi connectivity index (χ0v) is 22.8. The lowest BCUT2D eigenvalue weighted by atomic mass is 9.68. The number of carbonyl (C=O) groups is 2. The van der Waals surface area contributed by atoms with Gasteiger partial charge in [-0.05, 0) is 93.0 Å². The molecule has 2 amide bonds. The first-order chi connectivity index (χ1) is 18.2. The number of hydrogen-bond acceptors (Lipinski definition) is 5. The van der Waals surface area contributed by atoms with Crippen LogP contribution in [0.3, 0.4) is 0 Å². The van der Waals surface area contributed by atoms with Crippen LogP contribution in [-0.4, -0.2) is 39.8 Å². The average molecular weight is 518 g/mol. The summed E-state index contributed by atoms with van der Waals surface area (Å²) < 4.78 is 0. The molecule has 202 valence electrons. The second-order valence-corrected chi connectivity index (χ2v) is 10.8. The molecule has 38 heavy (non-hydrogen) atoms. The summed E-state index contributed by atoms with van der Waals surface area (Å²) in [6, 6.07) is 12.8. The van der Waals surface area contributed by atoms with Gasteiger partial charge in [0.2, 0.25) is 11.8 Å². The summed E-state index contributed by atoms with van der Waals surface area (Å²) in [4.78, 5) is 28.0. The lowest BCUT2D eigenvalue weighted by Crippen LogP contribution is -2.38. The summed E-state index contributed by atoms with van der Waals surface area (Å²) in [5, 5.41) is 31.9. The molecule has 1 aliphatic carbocycles. The van der Waals surface area contributed by atoms with Gasteiger partial charge in [-0.15, -0.1) is 0 Å². The van der Waals surface area contributed by atoms with E-state index in [9.17, 15) is 24.9 Å². The molecule has 3 N–H and O–H groups in total. The number of rotatable bonds is 9. The van der Waals surface area contributed by atoms with Gasteiger partial charge in [0.1, 0.15) is 5.75 Å². The summed E-state index contributed by atoms with van der Waals surface area (Å²) in [5.41, 5.74) is 6.02. The molecule has 1 fully saturated rings. The summed E-state index contributed by atoms with van der Waals surface area (Å²) in [6.07, 6.45) is 4.71. The van der Waals surface area contributed by atoms with E-state index in [0.29, 0.717) is 36.3 Å². The number of phenols is 1. The predicted octanol–water partition coefficient (Wildman–Crippen LogP) is 5.47. The predicted molar refractivity (Wildman–Crippen MR) is 150 cm³/mol. The van der Waals surface area contributed by atoms with Crippen molar-refractivity contribution in [1.82, 2.24) is 0 Å². The van der Waals surface area contributed by atoms with Crippen molar-refractivity contribution in [2.45, 2.75) is 65.9 Å². The maximum absolute atomic E-state index is 13.5. The zero-order chi connectivity index (χ0) is 27.6. The SMILES string of the molecule is CCC/C(=C\c1cc(C)c(O)c(C)c1)CC[C@@H](O)C1=C(C)C[C@H]2C(=O)N(c3ccccc3)C(=O)[C@H]2[C@H]1CO. The summed E-state index contributed by atoms with van der Waals surface area (Å²) in [5.74, 6) is -2.00. The third kappa shape index (κ3) is 5.33. The van der Waals surface area contributed by atoms with Gasteiger partial charge in [-0.25, -0.2) is 0 Å². The molecule has 4 atom stereocenters. The number of imide groups is 1. The van der Waals surface area contributed by atoms with Crippen molar-refractivity contribution in [1.29, 1.82) is 0 Å². The molecule has 1 aliphatic heterocycles. The molecule has 2 aromatic rings. The van der Waals surface area contributed by atoms with Crippen molar-refractivity contribution < 1.29 is 24.9 Å². The van der Waals surface area contributed by atoms with Gasteiger partial charge in [0.15, 0.2) is 0 Å². The average Bonchev–Trinajstić information content (AvgIpc) is 3.14. The van der Waals surface area contributed by atoms with Crippen LogP contribution in [0.2, 0.25) is 0 Å². The van der Waals surface area contributed by atoms with E-state index in [-0.39, 0.29) is 18.4 Å². The van der Waals surface area contributed by atoms with Crippen molar-refractivity contribution in [3.8, 4) is 5.75 Å². The van der Waals surface area contributed by atoms with Crippen LogP contribution in [0.4, 0.5) is 5.69 Å². The number of carbonyl (C=O) groups excluding carboxylic acids is 2. The van der Waals surface area contributed by atoms with Crippen molar-refractivity contribution >= 4 is 23.6 Å². The molecule has 0 aromatic heterocycles. The van der Waals surface area contributed by atoms with Crippen LogP contribution in [0.25, 0.3) is 6.08 Å². The minimum Gasteiger partial charge on any atom is -0.507 e. The quantitative estimate of drug-likeness (QED) is 0.303. The molecule has 0 unspecified atom stereocenters. The monoisotopic (exact) mass is 517 g/mol. The fourth-order valence-electron chi connectivity index (χ4n) is 6.33. The van der Waals surface area contributed by atoms with Gasteiger partial charge >= 0.3 is 0 Å². The van der Waals surface area contributed by atoms with Crippen molar-refractivity contribution in [2.75, 3.05) is 11.5 Å². The van der Waals surface area contributed by atoms with Gasteiger partial charge in [-0.2, -0.15) is 0 Å². The van der Waals surface area contributed by atoms with E-state index in [1.54, 1.807) is 24.3 Å². The number of para-hydroxylation sites is 1. The molecule has 2 aliphatic rings. The Morgan fingerprint density at radius 2 is 1.71 bits per heavy atom. The highest BCUT2D eigenvalue weighted by Crippen LogP contribution is 2.47. The second-order valence-electron chi connectivity index (χ2n) is 10.8. The minimum atomic E-state index is -0.815. The Morgan fingerprint density at radius 3 is 2.32 bits per heavy atom. The van der Waals surface area contributed by atoms with Gasteiger partial charge < -0.3 is 15.3 Å². The van der Waals surface area contributed by atoms with E-state index in [0.717, 1.165) is 35.1 Å². The maximum Gasteiger partial charge on any atom is 0.238 e. The molecule has 1 heterocycles. The minimum absolute atomic E-state index is 0.231. The maximum atomic E-state index is 13.5. The molecule has 0 bridgehead atoms. The largest absolute Gasteiger partial charge is 0.507 e. The molecule has 0 radical (unpaired) electrons. The van der Waals surface area contributed by atoms with E-state index < -0.39 is 23.9 Å². The van der Waals surface area contributed by atoms with Crippen molar-refractivity contribution in [3.63, 3.8) is 0 Å². The van der Waals surface area contributed by atoms with Crippen LogP contribution < -0.4 is 4.90 Å². The number of aliphatic hydroxyl groups is 2. The molecule has 2 aromatic carbocycles. The highest BCUT2D eigenvalue weighted by atomic mass is 16.3. The van der Waals surface area contributed by atoms with Crippen LogP contribution in [-0.2, 0) is 9.59 Å². The Hall–Kier alpha value is -3.22. The third-order valence-corrected chi connectivity index (χ3v) is 8.09. The van der Waals surface area contributed by atoms with Gasteiger partial charge in [-0.3, -0.25) is 14.5 Å². The zero-order valence-electron chi connectivity index (χ0n) is 22.8. The van der Waals surface area contributed by atoms with Gasteiger partial charge in [-0.1, -0.05) is 48.8 Å². The Bertz CT molecular complexity index is 1240. The number of phenolic OH excluding ortho intramolecular Hbond substituents is 1. The highest BCUT2D eigenvalue weighted by molar-refractivity contribution is 6.22. The molecule has 0 spiro atoms. The van der Waals surface area contributed by atoms with Crippen LogP contribution in [0.1, 0.15) is 62.6 Å². The topological polar surface area (TPSA) is 98.1 Å². The number of hydrogen-bond donors (Lipinski definition) is 3. The number of anilines is 1. The first-order valence-corrected chi connectivity index (χ1v) is 13.6. The molecule has 6 heteroatoms. The first-order valence-electron chi connectivity index (χ1n) is 13.6. The smallest absolute Gasteiger partial charge is 0.238 e. The Labute approximate surface area is 225 Å². The Balaban J connectivity index is 1.55. The number of allylic oxidation sites excluding steroid dienone is 2. The van der Waals surface area contributed by atoms with Crippen molar-refractivity contribution in [2.24, 2.45) is 17.8 Å². The van der Waals surface area contributed by atoms with E-state index >= 15 is 0 Å². The third-order valence-electron chi connectivity index (χ3n) is 8.09. The molecule has 6 nitrogen and oxygen atoms in total.